The minimum Gasteiger partial charge on any atom is -0.475 e. The molecule has 0 aliphatic carbocycles. The first-order chi connectivity index (χ1) is 16.8. The number of urea groups is 1. The van der Waals surface area contributed by atoms with Crippen LogP contribution in [-0.2, 0) is 9.59 Å². The molecule has 3 saturated heterocycles. The molecule has 0 aromatic carbocycles. The first-order valence-electron chi connectivity index (χ1n) is 11.6. The highest BCUT2D eigenvalue weighted by molar-refractivity contribution is 5.94. The SMILES string of the molecule is CCN1C(=O)[C@H]2CN(C(=O)N(C)C)C[C@H]2C12CCN(C(=O)c1cccnc1)CC2.O=C(O)C(F)(F)F. The maximum atomic E-state index is 13.2. The normalized spacial score (nSPS) is 22.7. The summed E-state index contributed by atoms with van der Waals surface area (Å²) in [6.07, 6.45) is -0.318. The summed E-state index contributed by atoms with van der Waals surface area (Å²) in [5.74, 6) is -2.59. The molecule has 10 nitrogen and oxygen atoms in total. The molecule has 2 atom stereocenters. The van der Waals surface area contributed by atoms with Gasteiger partial charge < -0.3 is 24.7 Å². The molecule has 1 spiro atoms. The highest BCUT2D eigenvalue weighted by atomic mass is 19.4. The van der Waals surface area contributed by atoms with Crippen LogP contribution in [0.1, 0.15) is 30.1 Å². The number of rotatable bonds is 2. The Balaban J connectivity index is 0.000000454. The van der Waals surface area contributed by atoms with Gasteiger partial charge in [0.2, 0.25) is 5.91 Å². The fraction of sp³-hybridized carbons (Fsp3) is 0.609. The molecule has 36 heavy (non-hydrogen) atoms. The van der Waals surface area contributed by atoms with Crippen LogP contribution in [0.4, 0.5) is 18.0 Å². The van der Waals surface area contributed by atoms with Crippen LogP contribution in [0.25, 0.3) is 0 Å². The second kappa shape index (κ2) is 10.3. The lowest BCUT2D eigenvalue weighted by atomic mass is 9.74. The van der Waals surface area contributed by atoms with Crippen LogP contribution in [0.3, 0.4) is 0 Å². The first kappa shape index (κ1) is 27.2. The van der Waals surface area contributed by atoms with E-state index in [-0.39, 0.29) is 35.2 Å². The van der Waals surface area contributed by atoms with Crippen molar-refractivity contribution in [2.45, 2.75) is 31.5 Å². The molecule has 198 valence electrons. The number of carboxylic acid groups (broad SMARTS) is 1. The van der Waals surface area contributed by atoms with E-state index >= 15 is 0 Å². The summed E-state index contributed by atoms with van der Waals surface area (Å²) >= 11 is 0. The van der Waals surface area contributed by atoms with Crippen LogP contribution in [0.15, 0.2) is 24.5 Å². The van der Waals surface area contributed by atoms with Gasteiger partial charge in [-0.3, -0.25) is 14.6 Å². The number of pyridine rings is 1. The summed E-state index contributed by atoms with van der Waals surface area (Å²) in [6, 6.07) is 3.52. The van der Waals surface area contributed by atoms with Crippen molar-refractivity contribution in [3.05, 3.63) is 30.1 Å². The zero-order valence-electron chi connectivity index (χ0n) is 20.4. The zero-order valence-corrected chi connectivity index (χ0v) is 20.4. The lowest BCUT2D eigenvalue weighted by Crippen LogP contribution is -2.58. The van der Waals surface area contributed by atoms with E-state index < -0.39 is 12.1 Å². The fourth-order valence-corrected chi connectivity index (χ4v) is 5.54. The predicted molar refractivity (Wildman–Crippen MR) is 121 cm³/mol. The number of aromatic nitrogens is 1. The highest BCUT2D eigenvalue weighted by Crippen LogP contribution is 2.49. The molecule has 0 unspecified atom stereocenters. The van der Waals surface area contributed by atoms with E-state index in [2.05, 4.69) is 4.98 Å². The number of fused-ring (bicyclic) bond motifs is 2. The third-order valence-electron chi connectivity index (χ3n) is 7.17. The molecule has 13 heteroatoms. The number of nitrogens with zero attached hydrogens (tertiary/aromatic N) is 5. The third-order valence-corrected chi connectivity index (χ3v) is 7.17. The minimum atomic E-state index is -5.08. The number of hydrogen-bond acceptors (Lipinski definition) is 5. The average Bonchev–Trinajstić information content (AvgIpc) is 3.37. The molecular weight excluding hydrogens is 483 g/mol. The van der Waals surface area contributed by atoms with Gasteiger partial charge in [-0.15, -0.1) is 0 Å². The molecule has 4 rings (SSSR count). The average molecular weight is 514 g/mol. The summed E-state index contributed by atoms with van der Waals surface area (Å²) < 4.78 is 31.7. The number of hydrogen-bond donors (Lipinski definition) is 1. The molecule has 4 amide bonds. The number of piperidine rings is 1. The van der Waals surface area contributed by atoms with Crippen LogP contribution in [0, 0.1) is 11.8 Å². The van der Waals surface area contributed by atoms with Gasteiger partial charge in [-0.2, -0.15) is 13.2 Å². The molecule has 4 heterocycles. The second-order valence-corrected chi connectivity index (χ2v) is 9.32. The van der Waals surface area contributed by atoms with Crippen molar-refractivity contribution in [2.24, 2.45) is 11.8 Å². The summed E-state index contributed by atoms with van der Waals surface area (Å²) in [5.41, 5.74) is 0.337. The minimum absolute atomic E-state index is 0.00675. The Bertz CT molecular complexity index is 996. The van der Waals surface area contributed by atoms with Crippen molar-refractivity contribution in [3.8, 4) is 0 Å². The van der Waals surface area contributed by atoms with E-state index in [0.717, 1.165) is 12.8 Å². The smallest absolute Gasteiger partial charge is 0.475 e. The van der Waals surface area contributed by atoms with Crippen molar-refractivity contribution in [1.29, 1.82) is 0 Å². The molecule has 3 aliphatic rings. The predicted octanol–water partition coefficient (Wildman–Crippen LogP) is 1.78. The van der Waals surface area contributed by atoms with Crippen molar-refractivity contribution in [3.63, 3.8) is 0 Å². The summed E-state index contributed by atoms with van der Waals surface area (Å²) in [7, 11) is 3.49. The van der Waals surface area contributed by atoms with Crippen LogP contribution in [-0.4, -0.2) is 112 Å². The van der Waals surface area contributed by atoms with Crippen molar-refractivity contribution in [1.82, 2.24) is 24.6 Å². The first-order valence-corrected chi connectivity index (χ1v) is 11.6. The summed E-state index contributed by atoms with van der Waals surface area (Å²) in [4.78, 5) is 58.7. The van der Waals surface area contributed by atoms with Gasteiger partial charge in [0.25, 0.3) is 5.91 Å². The lowest BCUT2D eigenvalue weighted by molar-refractivity contribution is -0.192. The van der Waals surface area contributed by atoms with Crippen LogP contribution in [0.5, 0.6) is 0 Å². The largest absolute Gasteiger partial charge is 0.490 e. The Hall–Kier alpha value is -3.38. The Labute approximate surface area is 206 Å². The number of carboxylic acids is 1. The maximum absolute atomic E-state index is 13.2. The number of carbonyl (C=O) groups is 4. The lowest BCUT2D eigenvalue weighted by Gasteiger charge is -2.47. The quantitative estimate of drug-likeness (QED) is 0.645. The van der Waals surface area contributed by atoms with Crippen molar-refractivity contribution >= 4 is 23.8 Å². The molecule has 1 aromatic rings. The third kappa shape index (κ3) is 5.09. The van der Waals surface area contributed by atoms with E-state index in [1.54, 1.807) is 43.5 Å². The molecule has 0 bridgehead atoms. The number of aliphatic carboxylic acids is 1. The zero-order chi connectivity index (χ0) is 26.8. The Morgan fingerprint density at radius 2 is 1.78 bits per heavy atom. The van der Waals surface area contributed by atoms with E-state index in [1.807, 2.05) is 21.6 Å². The topological polar surface area (TPSA) is 114 Å². The molecule has 1 N–H and O–H groups in total. The Morgan fingerprint density at radius 1 is 1.17 bits per heavy atom. The van der Waals surface area contributed by atoms with E-state index in [4.69, 9.17) is 9.90 Å². The molecule has 0 saturated carbocycles. The van der Waals surface area contributed by atoms with Gasteiger partial charge >= 0.3 is 18.2 Å². The summed E-state index contributed by atoms with van der Waals surface area (Å²) in [6.45, 7) is 5.03. The number of alkyl halides is 3. The maximum Gasteiger partial charge on any atom is 0.490 e. The second-order valence-electron chi connectivity index (χ2n) is 9.32. The number of likely N-dealkylation sites (tertiary alicyclic amines) is 3. The molecule has 0 radical (unpaired) electrons. The van der Waals surface area contributed by atoms with Gasteiger partial charge in [0.1, 0.15) is 0 Å². The van der Waals surface area contributed by atoms with Crippen LogP contribution >= 0.6 is 0 Å². The Kier molecular flexibility index (Phi) is 7.79. The van der Waals surface area contributed by atoms with Gasteiger partial charge in [-0.25, -0.2) is 9.59 Å². The van der Waals surface area contributed by atoms with Crippen molar-refractivity contribution < 1.29 is 37.5 Å². The number of amides is 4. The standard InChI is InChI=1S/C21H29N5O3.C2HF3O2/c1-4-26-19(28)16-13-25(20(29)23(2)3)14-17(16)21(26)7-10-24(11-8-21)18(27)15-6-5-9-22-12-15;3-2(4,5)1(6)7/h5-6,9,12,16-17H,4,7-8,10-11,13-14H2,1-3H3;(H,6,7)/t16-,17+;/m0./s1. The molecule has 1 aromatic heterocycles. The Morgan fingerprint density at radius 3 is 2.25 bits per heavy atom. The molecular formula is C23H30F3N5O5. The number of carbonyl (C=O) groups excluding carboxylic acids is 3. The van der Waals surface area contributed by atoms with Gasteiger partial charge in [0.05, 0.1) is 17.0 Å². The molecule has 3 fully saturated rings. The van der Waals surface area contributed by atoms with E-state index in [9.17, 15) is 27.6 Å². The molecule has 3 aliphatic heterocycles. The fourth-order valence-electron chi connectivity index (χ4n) is 5.54. The van der Waals surface area contributed by atoms with Gasteiger partial charge in [-0.1, -0.05) is 0 Å². The van der Waals surface area contributed by atoms with Gasteiger partial charge in [-0.05, 0) is 31.9 Å². The van der Waals surface area contributed by atoms with Gasteiger partial charge in [0.15, 0.2) is 0 Å². The van der Waals surface area contributed by atoms with Crippen molar-refractivity contribution in [2.75, 3.05) is 46.8 Å². The highest BCUT2D eigenvalue weighted by Gasteiger charge is 2.62. The van der Waals surface area contributed by atoms with E-state index in [0.29, 0.717) is 38.3 Å². The summed E-state index contributed by atoms with van der Waals surface area (Å²) in [5, 5.41) is 7.12. The monoisotopic (exact) mass is 513 g/mol. The number of halogens is 3. The van der Waals surface area contributed by atoms with Gasteiger partial charge in [0, 0.05) is 65.1 Å². The van der Waals surface area contributed by atoms with Crippen LogP contribution in [0.2, 0.25) is 0 Å². The van der Waals surface area contributed by atoms with E-state index in [1.165, 1.54) is 0 Å². The van der Waals surface area contributed by atoms with Crippen LogP contribution < -0.4 is 0 Å².